The number of amides is 1. The van der Waals surface area contributed by atoms with E-state index in [0.717, 1.165) is 51.9 Å². The van der Waals surface area contributed by atoms with Gasteiger partial charge in [-0.3, -0.25) is 9.36 Å². The predicted octanol–water partition coefficient (Wildman–Crippen LogP) is 3.87. The molecule has 10 nitrogen and oxygen atoms in total. The van der Waals surface area contributed by atoms with Gasteiger partial charge in [-0.2, -0.15) is 4.98 Å². The number of aliphatic hydroxyl groups is 1. The topological polar surface area (TPSA) is 120 Å². The molecule has 1 amide bonds. The maximum absolute atomic E-state index is 14.5. The first-order chi connectivity index (χ1) is 19.9. The number of aliphatic hydroxyl groups excluding tert-OH is 1. The van der Waals surface area contributed by atoms with Crippen molar-refractivity contribution in [2.75, 3.05) is 36.8 Å². The molecule has 0 radical (unpaired) electrons. The highest BCUT2D eigenvalue weighted by Gasteiger charge is 2.31. The molecule has 0 unspecified atom stereocenters. The van der Waals surface area contributed by atoms with Gasteiger partial charge >= 0.3 is 0 Å². The fourth-order valence-electron chi connectivity index (χ4n) is 6.30. The molecule has 1 saturated heterocycles. The van der Waals surface area contributed by atoms with E-state index in [2.05, 4.69) is 25.9 Å². The van der Waals surface area contributed by atoms with Gasteiger partial charge in [0, 0.05) is 56.3 Å². The van der Waals surface area contributed by atoms with Crippen LogP contribution in [0, 0.1) is 23.4 Å². The number of benzene rings is 1. The van der Waals surface area contributed by atoms with Crippen LogP contribution < -0.4 is 16.0 Å². The van der Waals surface area contributed by atoms with Gasteiger partial charge in [-0.15, -0.1) is 0 Å². The highest BCUT2D eigenvalue weighted by Crippen LogP contribution is 2.36. The van der Waals surface area contributed by atoms with Gasteiger partial charge in [0.2, 0.25) is 17.8 Å². The lowest BCUT2D eigenvalue weighted by Crippen LogP contribution is -2.49. The zero-order valence-corrected chi connectivity index (χ0v) is 22.8. The molecule has 6 rings (SSSR count). The maximum Gasteiger partial charge on any atom is 0.225 e. The number of anilines is 3. The van der Waals surface area contributed by atoms with Gasteiger partial charge < -0.3 is 26.0 Å². The molecule has 13 heteroatoms. The Morgan fingerprint density at radius 3 is 2.32 bits per heavy atom. The molecule has 3 heterocycles. The van der Waals surface area contributed by atoms with E-state index in [0.29, 0.717) is 54.9 Å². The third-order valence-electron chi connectivity index (χ3n) is 8.55. The number of aromatic nitrogens is 4. The van der Waals surface area contributed by atoms with Crippen LogP contribution in [0.5, 0.6) is 0 Å². The molecular formula is C28H35F3N8O2. The molecule has 0 bridgehead atoms. The van der Waals surface area contributed by atoms with Crippen molar-refractivity contribution in [3.05, 3.63) is 35.8 Å². The monoisotopic (exact) mass is 572 g/mol. The van der Waals surface area contributed by atoms with Crippen molar-refractivity contribution in [1.82, 2.24) is 29.7 Å². The van der Waals surface area contributed by atoms with E-state index in [9.17, 15) is 23.1 Å². The Balaban J connectivity index is 1.22. The summed E-state index contributed by atoms with van der Waals surface area (Å²) in [6.45, 7) is 3.20. The van der Waals surface area contributed by atoms with Crippen LogP contribution in [0.1, 0.15) is 57.4 Å². The fraction of sp³-hybridized carbons (Fsp3) is 0.571. The smallest absolute Gasteiger partial charge is 0.225 e. The van der Waals surface area contributed by atoms with E-state index in [-0.39, 0.29) is 29.9 Å². The van der Waals surface area contributed by atoms with Crippen molar-refractivity contribution in [3.63, 3.8) is 0 Å². The van der Waals surface area contributed by atoms with Gasteiger partial charge in [0.05, 0.1) is 12.3 Å². The van der Waals surface area contributed by atoms with E-state index in [1.54, 1.807) is 10.8 Å². The van der Waals surface area contributed by atoms with Crippen LogP contribution in [0.2, 0.25) is 0 Å². The van der Waals surface area contributed by atoms with Crippen LogP contribution in [0.4, 0.5) is 30.8 Å². The minimum absolute atomic E-state index is 0.0403. The first kappa shape index (κ1) is 27.7. The van der Waals surface area contributed by atoms with Crippen LogP contribution in [0.15, 0.2) is 18.3 Å². The second kappa shape index (κ2) is 11.8. The first-order valence-corrected chi connectivity index (χ1v) is 14.5. The number of halogens is 3. The van der Waals surface area contributed by atoms with Crippen LogP contribution in [0.25, 0.3) is 11.2 Å². The van der Waals surface area contributed by atoms with Gasteiger partial charge in [0.25, 0.3) is 0 Å². The highest BCUT2D eigenvalue weighted by molar-refractivity contribution is 5.79. The molecule has 2 aromatic heterocycles. The molecule has 220 valence electrons. The molecule has 0 spiro atoms. The number of carbonyl (C=O) groups is 1. The lowest BCUT2D eigenvalue weighted by molar-refractivity contribution is -0.137. The van der Waals surface area contributed by atoms with Crippen LogP contribution >= 0.6 is 0 Å². The Bertz CT molecular complexity index is 1370. The summed E-state index contributed by atoms with van der Waals surface area (Å²) in [5.74, 6) is -2.28. The number of rotatable bonds is 6. The first-order valence-electron chi connectivity index (χ1n) is 14.5. The highest BCUT2D eigenvalue weighted by atomic mass is 19.1. The normalized spacial score (nSPS) is 25.3. The summed E-state index contributed by atoms with van der Waals surface area (Å²) in [4.78, 5) is 28.6. The number of piperazine rings is 1. The SMILES string of the molecule is O=C([C@H]1CC[C@H](Nc2ncc3nc(Nc4c(F)cc(F)cc4F)n([C@H]4CC[C@@H](O)CC4)c3n2)CC1)N1CCNCC1. The summed E-state index contributed by atoms with van der Waals surface area (Å²) in [5.41, 5.74) is 0.437. The number of hydrogen-bond acceptors (Lipinski definition) is 8. The maximum atomic E-state index is 14.5. The van der Waals surface area contributed by atoms with E-state index in [1.807, 2.05) is 4.90 Å². The quantitative estimate of drug-likeness (QED) is 0.352. The second-order valence-corrected chi connectivity index (χ2v) is 11.3. The lowest BCUT2D eigenvalue weighted by Gasteiger charge is -2.34. The Morgan fingerprint density at radius 1 is 0.951 bits per heavy atom. The molecule has 3 aromatic rings. The van der Waals surface area contributed by atoms with Crippen LogP contribution in [-0.4, -0.2) is 73.8 Å². The molecule has 3 fully saturated rings. The Kier molecular flexibility index (Phi) is 7.98. The summed E-state index contributed by atoms with van der Waals surface area (Å²) in [6, 6.07) is 1.22. The van der Waals surface area contributed by atoms with Gasteiger partial charge in [-0.25, -0.2) is 23.1 Å². The number of imidazole rings is 1. The van der Waals surface area contributed by atoms with Crippen molar-refractivity contribution in [1.29, 1.82) is 0 Å². The standard InChI is InChI=1S/C28H35F3N8O2/c29-17-13-21(30)24(22(31)14-17)36-28-35-23-15-33-27(37-25(23)39(28)19-5-7-20(40)8-6-19)34-18-3-1-16(2-4-18)26(41)38-11-9-32-10-12-38/h13-16,18-20,32,40H,1-12H2,(H,35,36)(H,33,34,37)/t16-,18-,19-,20+. The molecule has 2 aliphatic carbocycles. The molecule has 1 aliphatic heterocycles. The molecule has 2 saturated carbocycles. The summed E-state index contributed by atoms with van der Waals surface area (Å²) in [7, 11) is 0. The van der Waals surface area contributed by atoms with Crippen molar-refractivity contribution >= 4 is 34.7 Å². The van der Waals surface area contributed by atoms with Crippen molar-refractivity contribution in [2.24, 2.45) is 5.92 Å². The molecule has 41 heavy (non-hydrogen) atoms. The van der Waals surface area contributed by atoms with Crippen molar-refractivity contribution in [2.45, 2.75) is 69.6 Å². The average molecular weight is 573 g/mol. The van der Waals surface area contributed by atoms with E-state index < -0.39 is 29.2 Å². The van der Waals surface area contributed by atoms with Gasteiger partial charge in [-0.05, 0) is 51.4 Å². The number of nitrogens with one attached hydrogen (secondary N) is 3. The van der Waals surface area contributed by atoms with Crippen LogP contribution in [-0.2, 0) is 4.79 Å². The molecule has 4 N–H and O–H groups in total. The summed E-state index contributed by atoms with van der Waals surface area (Å²) >= 11 is 0. The van der Waals surface area contributed by atoms with Crippen LogP contribution in [0.3, 0.4) is 0 Å². The van der Waals surface area contributed by atoms with Crippen molar-refractivity contribution < 1.29 is 23.1 Å². The summed E-state index contributed by atoms with van der Waals surface area (Å²) in [5, 5.41) is 19.5. The predicted molar refractivity (Wildman–Crippen MR) is 147 cm³/mol. The Labute approximate surface area is 235 Å². The van der Waals surface area contributed by atoms with E-state index in [4.69, 9.17) is 4.98 Å². The van der Waals surface area contributed by atoms with Crippen molar-refractivity contribution in [3.8, 4) is 0 Å². The molecular weight excluding hydrogens is 537 g/mol. The average Bonchev–Trinajstić information content (AvgIpc) is 3.33. The summed E-state index contributed by atoms with van der Waals surface area (Å²) in [6.07, 6.45) is 6.83. The molecule has 0 atom stereocenters. The zero-order valence-electron chi connectivity index (χ0n) is 22.8. The Morgan fingerprint density at radius 2 is 1.63 bits per heavy atom. The fourth-order valence-corrected chi connectivity index (χ4v) is 6.30. The lowest BCUT2D eigenvalue weighted by atomic mass is 9.85. The number of fused-ring (bicyclic) bond motifs is 1. The third-order valence-corrected chi connectivity index (χ3v) is 8.55. The third kappa shape index (κ3) is 5.96. The number of nitrogens with zero attached hydrogens (tertiary/aromatic N) is 5. The van der Waals surface area contributed by atoms with E-state index >= 15 is 0 Å². The second-order valence-electron chi connectivity index (χ2n) is 11.3. The van der Waals surface area contributed by atoms with E-state index in [1.165, 1.54) is 0 Å². The Hall–Kier alpha value is -3.45. The van der Waals surface area contributed by atoms with Gasteiger partial charge in [-0.1, -0.05) is 0 Å². The largest absolute Gasteiger partial charge is 0.393 e. The number of hydrogen-bond donors (Lipinski definition) is 4. The minimum Gasteiger partial charge on any atom is -0.393 e. The number of carbonyl (C=O) groups excluding carboxylic acids is 1. The van der Waals surface area contributed by atoms with Gasteiger partial charge in [0.15, 0.2) is 17.3 Å². The summed E-state index contributed by atoms with van der Waals surface area (Å²) < 4.78 is 44.3. The molecule has 3 aliphatic rings. The molecule has 1 aromatic carbocycles. The zero-order chi connectivity index (χ0) is 28.5. The minimum atomic E-state index is -1.07. The van der Waals surface area contributed by atoms with Gasteiger partial charge in [0.1, 0.15) is 17.0 Å².